The molecule has 0 N–H and O–H groups in total. The van der Waals surface area contributed by atoms with Gasteiger partial charge in [0.2, 0.25) is 0 Å². The van der Waals surface area contributed by atoms with Gasteiger partial charge in [-0.1, -0.05) is 0 Å². The van der Waals surface area contributed by atoms with E-state index in [0.717, 1.165) is 17.8 Å². The molecule has 2 bridgehead atoms. The van der Waals surface area contributed by atoms with Crippen molar-refractivity contribution in [2.24, 2.45) is 17.8 Å². The van der Waals surface area contributed by atoms with Crippen LogP contribution in [0.1, 0.15) is 45.4 Å². The van der Waals surface area contributed by atoms with Crippen molar-refractivity contribution in [3.63, 3.8) is 0 Å². The fraction of sp³-hybridized carbons (Fsp3) is 1.00. The molecule has 13 heavy (non-hydrogen) atoms. The summed E-state index contributed by atoms with van der Waals surface area (Å²) in [6.07, 6.45) is 9.30. The quantitative estimate of drug-likeness (QED) is 0.445. The Hall–Kier alpha value is 0.730. The van der Waals surface area contributed by atoms with Crippen LogP contribution in [-0.4, -0.2) is 8.86 Å². The molecule has 1 heteroatoms. The van der Waals surface area contributed by atoms with E-state index in [1.807, 2.05) is 0 Å². The molecule has 0 amide bonds. The van der Waals surface area contributed by atoms with Crippen LogP contribution in [0.25, 0.3) is 0 Å². The molecule has 0 aromatic heterocycles. The Balaban J connectivity index is 1.93. The van der Waals surface area contributed by atoms with Crippen molar-refractivity contribution in [1.82, 2.24) is 0 Å². The van der Waals surface area contributed by atoms with Crippen LogP contribution >= 0.6 is 0 Å². The fourth-order valence-electron chi connectivity index (χ4n) is 2.94. The Labute approximate surface area is 93.1 Å². The minimum atomic E-state index is 0.618. The first kappa shape index (κ1) is 10.3. The summed E-state index contributed by atoms with van der Waals surface area (Å²) in [5.74, 6) is 3.35. The van der Waals surface area contributed by atoms with Gasteiger partial charge in [-0.05, 0) is 0 Å². The molecule has 78 valence electrons. The van der Waals surface area contributed by atoms with Crippen molar-refractivity contribution in [3.05, 3.63) is 0 Å². The Bertz CT molecular complexity index is 153. The molecular weight excluding hydrogens is 271 g/mol. The summed E-state index contributed by atoms with van der Waals surface area (Å²) >= 11 is 0.618. The maximum absolute atomic E-state index is 2.48. The number of rotatable bonds is 0. The maximum atomic E-state index is 2.48. The molecule has 1 aliphatic carbocycles. The van der Waals surface area contributed by atoms with Gasteiger partial charge in [0.05, 0.1) is 0 Å². The van der Waals surface area contributed by atoms with Gasteiger partial charge in [0.15, 0.2) is 0 Å². The van der Waals surface area contributed by atoms with Crippen LogP contribution in [0.15, 0.2) is 0 Å². The third-order valence-electron chi connectivity index (χ3n) is 3.62. The second-order valence-corrected chi connectivity index (χ2v) is 7.93. The molecule has 3 atom stereocenters. The van der Waals surface area contributed by atoms with Crippen molar-refractivity contribution in [2.45, 2.75) is 45.4 Å². The number of hydrogen-bond acceptors (Lipinski definition) is 0. The molecule has 1 saturated heterocycles. The van der Waals surface area contributed by atoms with E-state index in [4.69, 9.17) is 0 Å². The number of halogens is 1. The molecule has 2 aliphatic rings. The summed E-state index contributed by atoms with van der Waals surface area (Å²) < 4.78 is 3.31. The average Bonchev–Trinajstić information content (AvgIpc) is 2.17. The molecule has 3 unspecified atom stereocenters. The van der Waals surface area contributed by atoms with Crippen molar-refractivity contribution < 1.29 is 21.2 Å². The third kappa shape index (κ3) is 3.10. The van der Waals surface area contributed by atoms with Gasteiger partial charge in [0, 0.05) is 0 Å². The summed E-state index contributed by atoms with van der Waals surface area (Å²) in [5, 5.41) is 0. The number of fused-ring (bicyclic) bond motifs is 2. The van der Waals surface area contributed by atoms with E-state index >= 15 is 0 Å². The van der Waals surface area contributed by atoms with Gasteiger partial charge in [-0.15, -0.1) is 0 Å². The van der Waals surface area contributed by atoms with Gasteiger partial charge in [-0.2, -0.15) is 0 Å². The van der Waals surface area contributed by atoms with Crippen LogP contribution in [0.3, 0.4) is 0 Å². The van der Waals surface area contributed by atoms with E-state index in [0.29, 0.717) is 21.2 Å². The molecule has 0 aromatic carbocycles. The van der Waals surface area contributed by atoms with Crippen molar-refractivity contribution in [2.75, 3.05) is 8.86 Å². The zero-order valence-electron chi connectivity index (χ0n) is 8.77. The molecule has 0 radical (unpaired) electrons. The second kappa shape index (κ2) is 4.99. The molecule has 1 heterocycles. The first-order valence-corrected chi connectivity index (χ1v) is 8.93. The van der Waals surface area contributed by atoms with E-state index in [1.54, 1.807) is 28.1 Å². The number of hydrogen-bond donors (Lipinski definition) is 0. The fourth-order valence-corrected chi connectivity index (χ4v) is 6.58. The zero-order chi connectivity index (χ0) is 9.10. The van der Waals surface area contributed by atoms with Gasteiger partial charge < -0.3 is 0 Å². The molecule has 2 rings (SSSR count). The van der Waals surface area contributed by atoms with Crippen LogP contribution in [-0.2, 0) is 0 Å². The summed E-state index contributed by atoms with van der Waals surface area (Å²) in [6, 6.07) is 0. The zero-order valence-corrected chi connectivity index (χ0v) is 10.9. The first-order valence-electron chi connectivity index (χ1n) is 5.88. The predicted molar refractivity (Wildman–Crippen MR) is 53.6 cm³/mol. The molecule has 1 aliphatic heterocycles. The number of alkyl halides is 2. The van der Waals surface area contributed by atoms with Gasteiger partial charge in [-0.3, -0.25) is 0 Å². The van der Waals surface area contributed by atoms with Crippen LogP contribution in [0.2, 0.25) is 0 Å². The van der Waals surface area contributed by atoms with E-state index < -0.39 is 0 Å². The van der Waals surface area contributed by atoms with Gasteiger partial charge in [-0.25, -0.2) is 0 Å². The topological polar surface area (TPSA) is 0 Å². The average molecular weight is 293 g/mol. The summed E-state index contributed by atoms with van der Waals surface area (Å²) in [6.45, 7) is 2.48. The first-order chi connectivity index (χ1) is 6.34. The van der Waals surface area contributed by atoms with Crippen LogP contribution in [0.4, 0.5) is 0 Å². The van der Waals surface area contributed by atoms with E-state index in [1.165, 1.54) is 19.3 Å². The molecule has 2 fully saturated rings. The van der Waals surface area contributed by atoms with E-state index in [2.05, 4.69) is 6.92 Å². The van der Waals surface area contributed by atoms with Crippen LogP contribution in [0, 0.1) is 17.8 Å². The molecular formula is C12H22I-. The Morgan fingerprint density at radius 3 is 2.62 bits per heavy atom. The van der Waals surface area contributed by atoms with Crippen molar-refractivity contribution in [1.29, 1.82) is 0 Å². The van der Waals surface area contributed by atoms with Gasteiger partial charge in [0.1, 0.15) is 0 Å². The standard InChI is InChI=1S/C12H22I/c1-10-4-2-3-5-11-7-12(6-10)9-13-8-11/h10-12H,2-9H2,1H3/q-1. The predicted octanol–water partition coefficient (Wildman–Crippen LogP) is 0.312. The third-order valence-corrected chi connectivity index (χ3v) is 7.35. The minimum absolute atomic E-state index is 0.618. The van der Waals surface area contributed by atoms with Crippen molar-refractivity contribution >= 4 is 0 Å². The normalized spacial score (nSPS) is 42.4. The van der Waals surface area contributed by atoms with E-state index in [-0.39, 0.29) is 0 Å². The monoisotopic (exact) mass is 293 g/mol. The van der Waals surface area contributed by atoms with Crippen LogP contribution in [0.5, 0.6) is 0 Å². The molecule has 1 saturated carbocycles. The molecule has 0 aromatic rings. The van der Waals surface area contributed by atoms with Gasteiger partial charge >= 0.3 is 93.3 Å². The van der Waals surface area contributed by atoms with Gasteiger partial charge in [0.25, 0.3) is 0 Å². The SMILES string of the molecule is CC1CCCCC2C[I-]CC(C1)C2. The molecule has 0 nitrogen and oxygen atoms in total. The summed E-state index contributed by atoms with van der Waals surface area (Å²) in [4.78, 5) is 0. The Morgan fingerprint density at radius 2 is 1.69 bits per heavy atom. The Kier molecular flexibility index (Phi) is 3.94. The van der Waals surface area contributed by atoms with Crippen molar-refractivity contribution in [3.8, 4) is 0 Å². The second-order valence-electron chi connectivity index (χ2n) is 5.09. The van der Waals surface area contributed by atoms with E-state index in [9.17, 15) is 0 Å². The molecule has 0 spiro atoms. The Morgan fingerprint density at radius 1 is 0.923 bits per heavy atom. The summed E-state index contributed by atoms with van der Waals surface area (Å²) in [5.41, 5.74) is 0. The summed E-state index contributed by atoms with van der Waals surface area (Å²) in [7, 11) is 0. The van der Waals surface area contributed by atoms with Crippen LogP contribution < -0.4 is 21.2 Å².